The Labute approximate surface area is 235 Å². The number of aryl methyl sites for hydroxylation is 1. The monoisotopic (exact) mass is 522 g/mol. The molecule has 0 radical (unpaired) electrons. The van der Waals surface area contributed by atoms with Gasteiger partial charge in [-0.3, -0.25) is 4.79 Å². The molecule has 2 aliphatic rings. The van der Waals surface area contributed by atoms with E-state index in [1.54, 1.807) is 0 Å². The zero-order valence-electron chi connectivity index (χ0n) is 26.0. The minimum atomic E-state index is 0.120. The minimum absolute atomic E-state index is 0.120. The van der Waals surface area contributed by atoms with Crippen molar-refractivity contribution in [1.29, 1.82) is 0 Å². The van der Waals surface area contributed by atoms with Crippen LogP contribution in [0.4, 0.5) is 0 Å². The smallest absolute Gasteiger partial charge is 0.223 e. The Morgan fingerprint density at radius 3 is 2.24 bits per heavy atom. The highest BCUT2D eigenvalue weighted by Gasteiger charge is 2.27. The van der Waals surface area contributed by atoms with Crippen molar-refractivity contribution in [2.45, 2.75) is 113 Å². The third kappa shape index (κ3) is 9.62. The second kappa shape index (κ2) is 16.2. The van der Waals surface area contributed by atoms with Crippen molar-refractivity contribution in [3.05, 3.63) is 53.7 Å². The van der Waals surface area contributed by atoms with Gasteiger partial charge in [0.1, 0.15) is 0 Å². The predicted octanol–water partition coefficient (Wildman–Crippen LogP) is 9.14. The molecule has 38 heavy (non-hydrogen) atoms. The number of amides is 1. The van der Waals surface area contributed by atoms with E-state index in [9.17, 15) is 4.79 Å². The van der Waals surface area contributed by atoms with Gasteiger partial charge in [-0.1, -0.05) is 84.9 Å². The number of carbonyl (C=O) groups is 1. The summed E-state index contributed by atoms with van der Waals surface area (Å²) in [5.74, 6) is 1.70. The van der Waals surface area contributed by atoms with E-state index >= 15 is 0 Å². The second-order valence-electron chi connectivity index (χ2n) is 12.0. The summed E-state index contributed by atoms with van der Waals surface area (Å²) in [5, 5.41) is 0. The van der Waals surface area contributed by atoms with E-state index in [1.807, 2.05) is 13.8 Å². The van der Waals surface area contributed by atoms with Gasteiger partial charge in [-0.25, -0.2) is 0 Å². The largest absolute Gasteiger partial charge is 0.375 e. The lowest BCUT2D eigenvalue weighted by molar-refractivity contribution is -0.134. The molecule has 1 aliphatic carbocycles. The van der Waals surface area contributed by atoms with Gasteiger partial charge in [-0.2, -0.15) is 0 Å². The highest BCUT2D eigenvalue weighted by Crippen LogP contribution is 2.35. The van der Waals surface area contributed by atoms with Crippen LogP contribution < -0.4 is 0 Å². The molecule has 1 aliphatic heterocycles. The normalized spacial score (nSPS) is 18.3. The molecule has 1 aromatic carbocycles. The van der Waals surface area contributed by atoms with Crippen LogP contribution in [0.1, 0.15) is 117 Å². The predicted molar refractivity (Wildman–Crippen MR) is 166 cm³/mol. The van der Waals surface area contributed by atoms with Crippen LogP contribution in [0, 0.1) is 17.3 Å². The Morgan fingerprint density at radius 1 is 1.05 bits per heavy atom. The first kappa shape index (κ1) is 32.2. The van der Waals surface area contributed by atoms with E-state index < -0.39 is 0 Å². The molecule has 3 nitrogen and oxygen atoms in total. The van der Waals surface area contributed by atoms with E-state index in [0.717, 1.165) is 70.6 Å². The molecule has 0 N–H and O–H groups in total. The number of hydrogen-bond acceptors (Lipinski definition) is 2. The zero-order valence-corrected chi connectivity index (χ0v) is 26.0. The fourth-order valence-corrected chi connectivity index (χ4v) is 5.81. The van der Waals surface area contributed by atoms with Gasteiger partial charge in [0.05, 0.1) is 0 Å². The van der Waals surface area contributed by atoms with Gasteiger partial charge < -0.3 is 9.80 Å². The Kier molecular flexibility index (Phi) is 13.7. The maximum atomic E-state index is 12.7. The Balaban J connectivity index is 0.00000247. The van der Waals surface area contributed by atoms with Crippen molar-refractivity contribution in [1.82, 2.24) is 9.80 Å². The Morgan fingerprint density at radius 2 is 1.71 bits per heavy atom. The molecule has 1 fully saturated rings. The molecular weight excluding hydrogens is 464 g/mol. The van der Waals surface area contributed by atoms with Gasteiger partial charge >= 0.3 is 0 Å². The summed E-state index contributed by atoms with van der Waals surface area (Å²) in [6, 6.07) is 9.35. The molecule has 214 valence electrons. The summed E-state index contributed by atoms with van der Waals surface area (Å²) in [4.78, 5) is 17.2. The highest BCUT2D eigenvalue weighted by molar-refractivity contribution is 5.77. The third-order valence-electron chi connectivity index (χ3n) is 8.88. The van der Waals surface area contributed by atoms with Crippen LogP contribution in [0.3, 0.4) is 0 Å². The van der Waals surface area contributed by atoms with Gasteiger partial charge in [-0.05, 0) is 86.3 Å². The number of allylic oxidation sites excluding steroid dienone is 3. The van der Waals surface area contributed by atoms with Crippen LogP contribution in [-0.4, -0.2) is 41.9 Å². The summed E-state index contributed by atoms with van der Waals surface area (Å²) >= 11 is 0. The molecule has 0 bridgehead atoms. The summed E-state index contributed by atoms with van der Waals surface area (Å²) in [5.41, 5.74) is 5.81. The van der Waals surface area contributed by atoms with E-state index in [0.29, 0.717) is 18.2 Å². The van der Waals surface area contributed by atoms with Crippen molar-refractivity contribution < 1.29 is 4.79 Å². The topological polar surface area (TPSA) is 23.6 Å². The minimum Gasteiger partial charge on any atom is -0.375 e. The Hall–Kier alpha value is -2.03. The van der Waals surface area contributed by atoms with Crippen molar-refractivity contribution in [3.63, 3.8) is 0 Å². The van der Waals surface area contributed by atoms with Gasteiger partial charge in [0.15, 0.2) is 0 Å². The number of nitrogens with zero attached hydrogens (tertiary/aromatic N) is 2. The van der Waals surface area contributed by atoms with E-state index in [1.165, 1.54) is 41.7 Å². The molecule has 3 heteroatoms. The SMILES string of the molecule is C=C(C1CC=C(c2ccc(CCC3CCN(C(=O)CC(C)(C)CC)CC3)cc2)CC1)N(CC)CCC.CC. The zero-order chi connectivity index (χ0) is 28.1. The maximum Gasteiger partial charge on any atom is 0.223 e. The van der Waals surface area contributed by atoms with Crippen LogP contribution in [0.15, 0.2) is 42.6 Å². The molecule has 1 heterocycles. The van der Waals surface area contributed by atoms with Crippen LogP contribution in [0.2, 0.25) is 0 Å². The Bertz CT molecular complexity index is 874. The maximum absolute atomic E-state index is 12.7. The summed E-state index contributed by atoms with van der Waals surface area (Å²) in [6.45, 7) is 23.6. The van der Waals surface area contributed by atoms with Crippen LogP contribution in [0.5, 0.6) is 0 Å². The summed E-state index contributed by atoms with van der Waals surface area (Å²) < 4.78 is 0. The molecule has 3 rings (SSSR count). The molecular formula is C35H58N2O. The van der Waals surface area contributed by atoms with Gasteiger partial charge in [0, 0.05) is 44.2 Å². The number of rotatable bonds is 12. The van der Waals surface area contributed by atoms with Crippen molar-refractivity contribution >= 4 is 11.5 Å². The second-order valence-corrected chi connectivity index (χ2v) is 12.0. The fourth-order valence-electron chi connectivity index (χ4n) is 5.81. The first-order chi connectivity index (χ1) is 18.3. The standard InChI is InChI=1S/C33H52N2O.C2H6/c1-7-22-34(9-3)26(4)29-16-18-31(19-17-29)30-14-12-27(13-15-30)10-11-28-20-23-35(24-21-28)32(36)25-33(5,6)8-2;1-2/h12-15,18,28-29H,4,7-11,16-17,19-25H2,1-3,5-6H3;1-2H3. The average molecular weight is 523 g/mol. The number of benzene rings is 1. The number of hydrogen-bond donors (Lipinski definition) is 0. The lowest BCUT2D eigenvalue weighted by Gasteiger charge is -2.34. The summed E-state index contributed by atoms with van der Waals surface area (Å²) in [6.07, 6.45) is 13.6. The number of piperidine rings is 1. The molecule has 1 unspecified atom stereocenters. The average Bonchev–Trinajstić information content (AvgIpc) is 2.96. The molecule has 1 aromatic rings. The highest BCUT2D eigenvalue weighted by atomic mass is 16.2. The lowest BCUT2D eigenvalue weighted by atomic mass is 9.84. The van der Waals surface area contributed by atoms with E-state index in [-0.39, 0.29) is 5.41 Å². The quantitative estimate of drug-likeness (QED) is 0.273. The van der Waals surface area contributed by atoms with E-state index in [4.69, 9.17) is 0 Å². The molecule has 1 saturated heterocycles. The van der Waals surface area contributed by atoms with Gasteiger partial charge in [0.2, 0.25) is 5.91 Å². The first-order valence-corrected chi connectivity index (χ1v) is 15.8. The van der Waals surface area contributed by atoms with Crippen molar-refractivity contribution in [2.75, 3.05) is 26.2 Å². The van der Waals surface area contributed by atoms with E-state index in [2.05, 4.69) is 81.3 Å². The number of likely N-dealkylation sites (tertiary alicyclic amines) is 1. The first-order valence-electron chi connectivity index (χ1n) is 15.8. The molecule has 0 aromatic heterocycles. The fraction of sp³-hybridized carbons (Fsp3) is 0.686. The molecule has 1 amide bonds. The molecule has 1 atom stereocenters. The molecule has 0 spiro atoms. The van der Waals surface area contributed by atoms with Crippen LogP contribution in [0.25, 0.3) is 5.57 Å². The van der Waals surface area contributed by atoms with Crippen LogP contribution in [-0.2, 0) is 11.2 Å². The van der Waals surface area contributed by atoms with Gasteiger partial charge in [-0.15, -0.1) is 0 Å². The van der Waals surface area contributed by atoms with Crippen molar-refractivity contribution in [2.24, 2.45) is 17.3 Å². The van der Waals surface area contributed by atoms with Gasteiger partial charge in [0.25, 0.3) is 0 Å². The summed E-state index contributed by atoms with van der Waals surface area (Å²) in [7, 11) is 0. The van der Waals surface area contributed by atoms with Crippen LogP contribution >= 0.6 is 0 Å². The third-order valence-corrected chi connectivity index (χ3v) is 8.88. The van der Waals surface area contributed by atoms with Crippen molar-refractivity contribution in [3.8, 4) is 0 Å². The lowest BCUT2D eigenvalue weighted by Crippen LogP contribution is -2.40. The number of carbonyl (C=O) groups excluding carboxylic acids is 1. The molecule has 0 saturated carbocycles.